The average Bonchev–Trinajstić information content (AvgIpc) is 2.17. The van der Waals surface area contributed by atoms with Crippen molar-refractivity contribution in [1.82, 2.24) is 9.97 Å². The van der Waals surface area contributed by atoms with Gasteiger partial charge in [0.25, 0.3) is 0 Å². The number of hydrogen-bond donors (Lipinski definition) is 0. The molecule has 0 amide bonds. The lowest BCUT2D eigenvalue weighted by Crippen LogP contribution is -2.16. The number of aromatic nitrogens is 2. The Kier molecular flexibility index (Phi) is 2.95. The van der Waals surface area contributed by atoms with Gasteiger partial charge in [-0.1, -0.05) is 0 Å². The number of methoxy groups -OCH3 is 1. The molecular weight excluding hydrogens is 189 g/mol. The molecule has 0 spiro atoms. The molecule has 0 saturated heterocycles. The van der Waals surface area contributed by atoms with Crippen LogP contribution < -0.4 is 4.90 Å². The Labute approximate surface area is 80.5 Å². The van der Waals surface area contributed by atoms with Gasteiger partial charge >= 0.3 is 5.97 Å². The van der Waals surface area contributed by atoms with Crippen molar-refractivity contribution in [3.8, 4) is 0 Å². The molecule has 1 aromatic rings. The first kappa shape index (κ1) is 10.4. The van der Waals surface area contributed by atoms with Crippen molar-refractivity contribution in [2.75, 3.05) is 26.1 Å². The summed E-state index contributed by atoms with van der Waals surface area (Å²) in [5.41, 5.74) is -0.355. The Morgan fingerprint density at radius 1 is 1.57 bits per heavy atom. The van der Waals surface area contributed by atoms with Gasteiger partial charge in [-0.2, -0.15) is 0 Å². The summed E-state index contributed by atoms with van der Waals surface area (Å²) in [5.74, 6) is -1.35. The standard InChI is InChI=1S/C8H10FN3O2/c1-12(2)8-10-4-5(9)6(11-8)7(13)14-3/h4H,1-3H3. The van der Waals surface area contributed by atoms with Gasteiger partial charge in [0, 0.05) is 14.1 Å². The molecule has 0 aliphatic carbocycles. The van der Waals surface area contributed by atoms with Crippen LogP contribution >= 0.6 is 0 Å². The maximum absolute atomic E-state index is 13.0. The maximum atomic E-state index is 13.0. The van der Waals surface area contributed by atoms with Gasteiger partial charge in [0.05, 0.1) is 13.3 Å². The van der Waals surface area contributed by atoms with Crippen molar-refractivity contribution in [2.24, 2.45) is 0 Å². The highest BCUT2D eigenvalue weighted by Crippen LogP contribution is 2.09. The van der Waals surface area contributed by atoms with E-state index in [1.807, 2.05) is 0 Å². The molecular formula is C8H10FN3O2. The summed E-state index contributed by atoms with van der Waals surface area (Å²) in [6, 6.07) is 0. The molecule has 0 unspecified atom stereocenters. The second kappa shape index (κ2) is 3.99. The molecule has 0 aromatic carbocycles. The van der Waals surface area contributed by atoms with Crippen LogP contribution in [0.4, 0.5) is 10.3 Å². The Morgan fingerprint density at radius 3 is 2.71 bits per heavy atom. The van der Waals surface area contributed by atoms with Crippen molar-refractivity contribution in [3.63, 3.8) is 0 Å². The summed E-state index contributed by atoms with van der Waals surface area (Å²) in [5, 5.41) is 0. The predicted molar refractivity (Wildman–Crippen MR) is 47.7 cm³/mol. The second-order valence-electron chi connectivity index (χ2n) is 2.75. The van der Waals surface area contributed by atoms with Crippen molar-refractivity contribution >= 4 is 11.9 Å². The largest absolute Gasteiger partial charge is 0.464 e. The molecule has 0 aliphatic rings. The van der Waals surface area contributed by atoms with E-state index in [1.165, 1.54) is 7.11 Å². The van der Waals surface area contributed by atoms with Gasteiger partial charge < -0.3 is 9.64 Å². The van der Waals surface area contributed by atoms with E-state index in [-0.39, 0.29) is 11.6 Å². The van der Waals surface area contributed by atoms with Gasteiger partial charge in [-0.3, -0.25) is 0 Å². The zero-order chi connectivity index (χ0) is 10.7. The molecule has 0 fully saturated rings. The van der Waals surface area contributed by atoms with Gasteiger partial charge in [0.1, 0.15) is 0 Å². The minimum atomic E-state index is -0.812. The molecule has 76 valence electrons. The molecule has 0 N–H and O–H groups in total. The number of ether oxygens (including phenoxy) is 1. The van der Waals surface area contributed by atoms with Crippen molar-refractivity contribution in [2.45, 2.75) is 0 Å². The second-order valence-corrected chi connectivity index (χ2v) is 2.75. The lowest BCUT2D eigenvalue weighted by molar-refractivity contribution is 0.0588. The Bertz CT molecular complexity index is 354. The molecule has 1 aromatic heterocycles. The van der Waals surface area contributed by atoms with Gasteiger partial charge in [0.15, 0.2) is 11.5 Å². The number of rotatable bonds is 2. The molecule has 1 rings (SSSR count). The van der Waals surface area contributed by atoms with Crippen molar-refractivity contribution in [3.05, 3.63) is 17.7 Å². The Hall–Kier alpha value is -1.72. The SMILES string of the molecule is COC(=O)c1nc(N(C)C)ncc1F. The summed E-state index contributed by atoms with van der Waals surface area (Å²) in [6.45, 7) is 0. The quantitative estimate of drug-likeness (QED) is 0.648. The first-order chi connectivity index (χ1) is 6.56. The number of carbonyl (C=O) groups is 1. The molecule has 6 heteroatoms. The summed E-state index contributed by atoms with van der Waals surface area (Å²) < 4.78 is 17.4. The number of hydrogen-bond acceptors (Lipinski definition) is 5. The summed E-state index contributed by atoms with van der Waals surface area (Å²) in [6.07, 6.45) is 0.939. The third kappa shape index (κ3) is 1.95. The molecule has 0 radical (unpaired) electrons. The van der Waals surface area contributed by atoms with E-state index in [2.05, 4.69) is 14.7 Å². The van der Waals surface area contributed by atoms with Gasteiger partial charge in [-0.25, -0.2) is 19.2 Å². The van der Waals surface area contributed by atoms with E-state index in [0.717, 1.165) is 6.20 Å². The van der Waals surface area contributed by atoms with Crippen LogP contribution in [0.1, 0.15) is 10.5 Å². The molecule has 14 heavy (non-hydrogen) atoms. The van der Waals surface area contributed by atoms with Gasteiger partial charge in [-0.05, 0) is 0 Å². The van der Waals surface area contributed by atoms with E-state index < -0.39 is 11.8 Å². The fourth-order valence-electron chi connectivity index (χ4n) is 0.813. The average molecular weight is 199 g/mol. The summed E-state index contributed by atoms with van der Waals surface area (Å²) in [4.78, 5) is 20.0. The number of carbonyl (C=O) groups excluding carboxylic acids is 1. The lowest BCUT2D eigenvalue weighted by Gasteiger charge is -2.10. The van der Waals surface area contributed by atoms with Crippen LogP contribution in [-0.2, 0) is 4.74 Å². The molecule has 0 bridgehead atoms. The first-order valence-corrected chi connectivity index (χ1v) is 3.84. The summed E-state index contributed by atoms with van der Waals surface area (Å²) >= 11 is 0. The summed E-state index contributed by atoms with van der Waals surface area (Å²) in [7, 11) is 4.54. The van der Waals surface area contributed by atoms with Gasteiger partial charge in [-0.15, -0.1) is 0 Å². The highest BCUT2D eigenvalue weighted by molar-refractivity contribution is 5.87. The monoisotopic (exact) mass is 199 g/mol. The van der Waals surface area contributed by atoms with Crippen LogP contribution in [0.15, 0.2) is 6.20 Å². The van der Waals surface area contributed by atoms with E-state index in [9.17, 15) is 9.18 Å². The minimum absolute atomic E-state index is 0.256. The normalized spacial score (nSPS) is 9.71. The zero-order valence-electron chi connectivity index (χ0n) is 8.11. The Balaban J connectivity index is 3.15. The van der Waals surface area contributed by atoms with Gasteiger partial charge in [0.2, 0.25) is 5.95 Å². The third-order valence-electron chi connectivity index (χ3n) is 1.51. The van der Waals surface area contributed by atoms with Crippen LogP contribution in [0.25, 0.3) is 0 Å². The smallest absolute Gasteiger partial charge is 0.359 e. The predicted octanol–water partition coefficient (Wildman–Crippen LogP) is 0.468. The lowest BCUT2D eigenvalue weighted by atomic mass is 10.4. The first-order valence-electron chi connectivity index (χ1n) is 3.84. The topological polar surface area (TPSA) is 55.3 Å². The van der Waals surface area contributed by atoms with Crippen LogP contribution in [0, 0.1) is 5.82 Å². The third-order valence-corrected chi connectivity index (χ3v) is 1.51. The van der Waals surface area contributed by atoms with Crippen LogP contribution in [0.5, 0.6) is 0 Å². The van der Waals surface area contributed by atoms with E-state index in [4.69, 9.17) is 0 Å². The number of halogens is 1. The number of esters is 1. The molecule has 0 saturated carbocycles. The van der Waals surface area contributed by atoms with Crippen LogP contribution in [-0.4, -0.2) is 37.1 Å². The van der Waals surface area contributed by atoms with E-state index in [1.54, 1.807) is 19.0 Å². The van der Waals surface area contributed by atoms with Crippen molar-refractivity contribution in [1.29, 1.82) is 0 Å². The maximum Gasteiger partial charge on any atom is 0.359 e. The van der Waals surface area contributed by atoms with E-state index in [0.29, 0.717) is 0 Å². The highest BCUT2D eigenvalue weighted by atomic mass is 19.1. The van der Waals surface area contributed by atoms with Crippen LogP contribution in [0.2, 0.25) is 0 Å². The fraction of sp³-hybridized carbons (Fsp3) is 0.375. The molecule has 0 atom stereocenters. The minimum Gasteiger partial charge on any atom is -0.464 e. The molecule has 5 nitrogen and oxygen atoms in total. The fourth-order valence-corrected chi connectivity index (χ4v) is 0.813. The number of anilines is 1. The van der Waals surface area contributed by atoms with Crippen molar-refractivity contribution < 1.29 is 13.9 Å². The zero-order valence-corrected chi connectivity index (χ0v) is 8.11. The Morgan fingerprint density at radius 2 is 2.21 bits per heavy atom. The highest BCUT2D eigenvalue weighted by Gasteiger charge is 2.16. The molecule has 1 heterocycles. The van der Waals surface area contributed by atoms with Crippen LogP contribution in [0.3, 0.4) is 0 Å². The van der Waals surface area contributed by atoms with E-state index >= 15 is 0 Å². The number of nitrogens with zero attached hydrogens (tertiary/aromatic N) is 3. The molecule has 0 aliphatic heterocycles.